The predicted octanol–water partition coefficient (Wildman–Crippen LogP) is 2.10. The zero-order chi connectivity index (χ0) is 16.9. The number of fused-ring (bicyclic) bond motifs is 1. The topological polar surface area (TPSA) is 62.2 Å². The van der Waals surface area contributed by atoms with Crippen molar-refractivity contribution in [3.8, 4) is 0 Å². The summed E-state index contributed by atoms with van der Waals surface area (Å²) in [5, 5.41) is 5.87. The number of urea groups is 1. The van der Waals surface area contributed by atoms with E-state index in [9.17, 15) is 4.79 Å². The molecular formula is C18H27N5O. The molecule has 0 spiro atoms. The summed E-state index contributed by atoms with van der Waals surface area (Å²) in [6.07, 6.45) is 3.53. The fourth-order valence-electron chi connectivity index (χ4n) is 3.32. The fraction of sp³-hybridized carbons (Fsp3) is 0.556. The molecule has 0 bridgehead atoms. The standard InChI is InChI=1S/C18H27N5O/c1-22-11-8-14(9-12-22)7-10-19-18(24)20-13-17-21-15-5-3-4-6-16(15)23(17)2/h3-6,14H,7-13H2,1-2H3,(H2,19,20,24). The van der Waals surface area contributed by atoms with Gasteiger partial charge in [-0.2, -0.15) is 0 Å². The van der Waals surface area contributed by atoms with Crippen molar-refractivity contribution in [1.82, 2.24) is 25.1 Å². The average molecular weight is 329 g/mol. The number of aromatic nitrogens is 2. The molecule has 130 valence electrons. The highest BCUT2D eigenvalue weighted by Crippen LogP contribution is 2.18. The molecule has 1 fully saturated rings. The summed E-state index contributed by atoms with van der Waals surface area (Å²) in [5.41, 5.74) is 2.04. The molecule has 3 rings (SSSR count). The number of para-hydroxylation sites is 2. The van der Waals surface area contributed by atoms with E-state index in [2.05, 4.69) is 27.6 Å². The fourth-order valence-corrected chi connectivity index (χ4v) is 3.32. The summed E-state index contributed by atoms with van der Waals surface area (Å²) in [7, 11) is 4.15. The molecule has 24 heavy (non-hydrogen) atoms. The van der Waals surface area contributed by atoms with E-state index in [4.69, 9.17) is 0 Å². The number of amides is 2. The number of benzene rings is 1. The largest absolute Gasteiger partial charge is 0.338 e. The van der Waals surface area contributed by atoms with Crippen LogP contribution in [-0.2, 0) is 13.6 Å². The van der Waals surface area contributed by atoms with Crippen molar-refractivity contribution in [1.29, 1.82) is 0 Å². The Kier molecular flexibility index (Phi) is 5.35. The van der Waals surface area contributed by atoms with Crippen LogP contribution < -0.4 is 10.6 Å². The maximum Gasteiger partial charge on any atom is 0.315 e. The minimum Gasteiger partial charge on any atom is -0.338 e. The van der Waals surface area contributed by atoms with E-state index in [1.807, 2.05) is 35.9 Å². The van der Waals surface area contributed by atoms with Crippen molar-refractivity contribution >= 4 is 17.1 Å². The Morgan fingerprint density at radius 1 is 1.21 bits per heavy atom. The van der Waals surface area contributed by atoms with Crippen molar-refractivity contribution in [2.24, 2.45) is 13.0 Å². The van der Waals surface area contributed by atoms with Crippen molar-refractivity contribution < 1.29 is 4.79 Å². The Morgan fingerprint density at radius 2 is 1.96 bits per heavy atom. The first kappa shape index (κ1) is 16.8. The number of piperidine rings is 1. The van der Waals surface area contributed by atoms with E-state index in [1.54, 1.807) is 0 Å². The zero-order valence-electron chi connectivity index (χ0n) is 14.6. The molecule has 0 radical (unpaired) electrons. The molecule has 0 atom stereocenters. The summed E-state index contributed by atoms with van der Waals surface area (Å²) in [6.45, 7) is 3.52. The van der Waals surface area contributed by atoms with Crippen molar-refractivity contribution in [2.75, 3.05) is 26.7 Å². The third-order valence-corrected chi connectivity index (χ3v) is 4.96. The number of hydrogen-bond acceptors (Lipinski definition) is 3. The lowest BCUT2D eigenvalue weighted by Gasteiger charge is -2.28. The Hall–Kier alpha value is -2.08. The van der Waals surface area contributed by atoms with Crippen LogP contribution in [-0.4, -0.2) is 47.2 Å². The van der Waals surface area contributed by atoms with Gasteiger partial charge < -0.3 is 20.1 Å². The maximum atomic E-state index is 12.0. The molecule has 0 saturated carbocycles. The minimum absolute atomic E-state index is 0.116. The Bertz CT molecular complexity index is 688. The van der Waals surface area contributed by atoms with Crippen LogP contribution in [0.2, 0.25) is 0 Å². The highest BCUT2D eigenvalue weighted by Gasteiger charge is 2.16. The molecule has 1 aliphatic rings. The van der Waals surface area contributed by atoms with Crippen molar-refractivity contribution in [3.63, 3.8) is 0 Å². The third kappa shape index (κ3) is 4.06. The number of likely N-dealkylation sites (tertiary alicyclic amines) is 1. The smallest absolute Gasteiger partial charge is 0.315 e. The SMILES string of the molecule is CN1CCC(CCNC(=O)NCc2nc3ccccc3n2C)CC1. The summed E-state index contributed by atoms with van der Waals surface area (Å²) < 4.78 is 2.02. The van der Waals surface area contributed by atoms with Crippen molar-refractivity contribution in [2.45, 2.75) is 25.8 Å². The number of hydrogen-bond donors (Lipinski definition) is 2. The highest BCUT2D eigenvalue weighted by molar-refractivity contribution is 5.76. The Morgan fingerprint density at radius 3 is 2.71 bits per heavy atom. The number of rotatable bonds is 5. The van der Waals surface area contributed by atoms with Crippen LogP contribution in [0.1, 0.15) is 25.1 Å². The monoisotopic (exact) mass is 329 g/mol. The highest BCUT2D eigenvalue weighted by atomic mass is 16.2. The molecule has 2 heterocycles. The second-order valence-electron chi connectivity index (χ2n) is 6.72. The van der Waals surface area contributed by atoms with Gasteiger partial charge in [-0.3, -0.25) is 0 Å². The molecule has 2 amide bonds. The molecule has 1 saturated heterocycles. The predicted molar refractivity (Wildman–Crippen MR) is 95.8 cm³/mol. The van der Waals surface area contributed by atoms with Gasteiger partial charge in [0.15, 0.2) is 0 Å². The molecule has 2 aromatic rings. The minimum atomic E-state index is -0.116. The van der Waals surface area contributed by atoms with Crippen LogP contribution in [0.25, 0.3) is 11.0 Å². The first-order chi connectivity index (χ1) is 11.6. The van der Waals surface area contributed by atoms with Crippen molar-refractivity contribution in [3.05, 3.63) is 30.1 Å². The third-order valence-electron chi connectivity index (χ3n) is 4.96. The zero-order valence-corrected chi connectivity index (χ0v) is 14.6. The number of imidazole rings is 1. The van der Waals surface area contributed by atoms with E-state index in [-0.39, 0.29) is 6.03 Å². The Balaban J connectivity index is 1.41. The van der Waals surface area contributed by atoms with Crippen LogP contribution in [0.3, 0.4) is 0 Å². The van der Waals surface area contributed by atoms with Gasteiger partial charge in [0, 0.05) is 13.6 Å². The molecule has 1 aromatic carbocycles. The number of carbonyl (C=O) groups is 1. The molecule has 0 aliphatic carbocycles. The van der Waals surface area contributed by atoms with E-state index < -0.39 is 0 Å². The van der Waals surface area contributed by atoms with E-state index in [1.165, 1.54) is 25.9 Å². The summed E-state index contributed by atoms with van der Waals surface area (Å²) in [4.78, 5) is 18.9. The lowest BCUT2D eigenvalue weighted by Crippen LogP contribution is -2.37. The van der Waals surface area contributed by atoms with Crippen LogP contribution in [0.15, 0.2) is 24.3 Å². The molecule has 6 heteroatoms. The van der Waals surface area contributed by atoms with Gasteiger partial charge >= 0.3 is 6.03 Å². The molecule has 6 nitrogen and oxygen atoms in total. The summed E-state index contributed by atoms with van der Waals surface area (Å²) in [5.74, 6) is 1.60. The van der Waals surface area contributed by atoms with Gasteiger partial charge in [-0.05, 0) is 57.5 Å². The lowest BCUT2D eigenvalue weighted by atomic mass is 9.94. The first-order valence-electron chi connectivity index (χ1n) is 8.74. The number of nitrogens with one attached hydrogen (secondary N) is 2. The molecule has 0 unspecified atom stereocenters. The quantitative estimate of drug-likeness (QED) is 0.883. The lowest BCUT2D eigenvalue weighted by molar-refractivity contribution is 0.209. The Labute approximate surface area is 143 Å². The van der Waals surface area contributed by atoms with Gasteiger partial charge in [0.2, 0.25) is 0 Å². The summed E-state index contributed by atoms with van der Waals surface area (Å²) in [6, 6.07) is 7.88. The second-order valence-corrected chi connectivity index (χ2v) is 6.72. The molecule has 2 N–H and O–H groups in total. The van der Waals surface area contributed by atoms with Crippen LogP contribution in [0.5, 0.6) is 0 Å². The van der Waals surface area contributed by atoms with E-state index in [0.29, 0.717) is 6.54 Å². The molecule has 1 aliphatic heterocycles. The van der Waals surface area contributed by atoms with Crippen LogP contribution in [0, 0.1) is 5.92 Å². The van der Waals surface area contributed by atoms with Gasteiger partial charge in [-0.15, -0.1) is 0 Å². The van der Waals surface area contributed by atoms with E-state index >= 15 is 0 Å². The second kappa shape index (κ2) is 7.66. The maximum absolute atomic E-state index is 12.0. The van der Waals surface area contributed by atoms with Crippen LogP contribution in [0.4, 0.5) is 4.79 Å². The first-order valence-corrected chi connectivity index (χ1v) is 8.74. The normalized spacial score (nSPS) is 16.4. The molecular weight excluding hydrogens is 302 g/mol. The average Bonchev–Trinajstić information content (AvgIpc) is 2.91. The van der Waals surface area contributed by atoms with Gasteiger partial charge in [0.25, 0.3) is 0 Å². The van der Waals surface area contributed by atoms with Gasteiger partial charge in [-0.25, -0.2) is 9.78 Å². The molecule has 1 aromatic heterocycles. The van der Waals surface area contributed by atoms with E-state index in [0.717, 1.165) is 35.7 Å². The van der Waals surface area contributed by atoms with Gasteiger partial charge in [0.05, 0.1) is 17.6 Å². The van der Waals surface area contributed by atoms with Crippen LogP contribution >= 0.6 is 0 Å². The van der Waals surface area contributed by atoms with Gasteiger partial charge in [-0.1, -0.05) is 12.1 Å². The summed E-state index contributed by atoms with van der Waals surface area (Å²) >= 11 is 0. The number of nitrogens with zero attached hydrogens (tertiary/aromatic N) is 3. The number of aryl methyl sites for hydroxylation is 1. The number of carbonyl (C=O) groups excluding carboxylic acids is 1. The van der Waals surface area contributed by atoms with Gasteiger partial charge in [0.1, 0.15) is 5.82 Å².